The molecule has 1 aliphatic heterocycles. The third-order valence-electron chi connectivity index (χ3n) is 4.52. The minimum absolute atomic E-state index is 0.0143. The zero-order valence-corrected chi connectivity index (χ0v) is 13.9. The smallest absolute Gasteiger partial charge is 0.324 e. The maximum absolute atomic E-state index is 12.8. The molecule has 0 unspecified atom stereocenters. The fourth-order valence-electron chi connectivity index (χ4n) is 3.17. The van der Waals surface area contributed by atoms with Gasteiger partial charge in [0.05, 0.1) is 18.1 Å². The normalized spacial score (nSPS) is 14.6. The van der Waals surface area contributed by atoms with Crippen molar-refractivity contribution in [3.8, 4) is 0 Å². The highest BCUT2D eigenvalue weighted by Gasteiger charge is 2.25. The van der Waals surface area contributed by atoms with Crippen LogP contribution in [0.15, 0.2) is 36.5 Å². The summed E-state index contributed by atoms with van der Waals surface area (Å²) in [5, 5.41) is 7.22. The van der Waals surface area contributed by atoms with E-state index in [2.05, 4.69) is 22.3 Å². The second-order valence-corrected chi connectivity index (χ2v) is 6.14. The Morgan fingerprint density at radius 1 is 1.17 bits per heavy atom. The van der Waals surface area contributed by atoms with Gasteiger partial charge in [0.2, 0.25) is 0 Å². The summed E-state index contributed by atoms with van der Waals surface area (Å²) in [4.78, 5) is 16.3. The van der Waals surface area contributed by atoms with Crippen LogP contribution in [0.4, 0.5) is 10.5 Å². The van der Waals surface area contributed by atoms with Gasteiger partial charge in [-0.2, -0.15) is 5.10 Å². The molecule has 1 aromatic carbocycles. The maximum atomic E-state index is 12.8. The fraction of sp³-hybridized carbons (Fsp3) is 0.444. The summed E-state index contributed by atoms with van der Waals surface area (Å²) in [5.74, 6) is 0. The first-order valence-electron chi connectivity index (χ1n) is 8.62. The first-order chi connectivity index (χ1) is 11.8. The van der Waals surface area contributed by atoms with Crippen LogP contribution in [0, 0.1) is 0 Å². The van der Waals surface area contributed by atoms with E-state index in [0.717, 1.165) is 50.2 Å². The van der Waals surface area contributed by atoms with Crippen LogP contribution in [-0.4, -0.2) is 40.9 Å². The first-order valence-corrected chi connectivity index (χ1v) is 8.62. The number of benzene rings is 1. The van der Waals surface area contributed by atoms with Crippen molar-refractivity contribution in [2.24, 2.45) is 5.73 Å². The number of nitrogens with zero attached hydrogens (tertiary/aromatic N) is 3. The first kappa shape index (κ1) is 16.5. The van der Waals surface area contributed by atoms with E-state index in [1.54, 1.807) is 11.1 Å². The van der Waals surface area contributed by atoms with Crippen molar-refractivity contribution in [2.45, 2.75) is 32.1 Å². The summed E-state index contributed by atoms with van der Waals surface area (Å²) in [6.07, 6.45) is 6.75. The molecule has 0 bridgehead atoms. The van der Waals surface area contributed by atoms with Crippen LogP contribution < -0.4 is 10.6 Å². The summed E-state index contributed by atoms with van der Waals surface area (Å²) in [5.41, 5.74) is 8.82. The number of hydrogen-bond acceptors (Lipinski definition) is 3. The summed E-state index contributed by atoms with van der Waals surface area (Å²) >= 11 is 0. The Bertz CT molecular complexity index is 648. The molecule has 0 radical (unpaired) electrons. The number of aryl methyl sites for hydroxylation is 2. The average Bonchev–Trinajstić information content (AvgIpc) is 3.10. The van der Waals surface area contributed by atoms with Crippen molar-refractivity contribution in [3.63, 3.8) is 0 Å². The number of likely N-dealkylation sites (tertiary alicyclic amines) is 1. The van der Waals surface area contributed by atoms with Crippen molar-refractivity contribution in [1.82, 2.24) is 15.1 Å². The van der Waals surface area contributed by atoms with Crippen molar-refractivity contribution >= 4 is 11.7 Å². The SMILES string of the molecule is NCN(C(=O)N1CCCCC1)c1c[nH]nc1CCc1ccccc1. The van der Waals surface area contributed by atoms with Crippen LogP contribution in [0.2, 0.25) is 0 Å². The number of carbonyl (C=O) groups excluding carboxylic acids is 1. The van der Waals surface area contributed by atoms with Gasteiger partial charge in [0.25, 0.3) is 0 Å². The number of anilines is 1. The fourth-order valence-corrected chi connectivity index (χ4v) is 3.17. The molecular weight excluding hydrogens is 302 g/mol. The number of rotatable bonds is 5. The molecule has 0 spiro atoms. The van der Waals surface area contributed by atoms with Gasteiger partial charge in [0.1, 0.15) is 0 Å². The van der Waals surface area contributed by atoms with Gasteiger partial charge < -0.3 is 10.6 Å². The van der Waals surface area contributed by atoms with Crippen LogP contribution in [0.3, 0.4) is 0 Å². The van der Waals surface area contributed by atoms with Crippen LogP contribution in [0.25, 0.3) is 0 Å². The lowest BCUT2D eigenvalue weighted by Crippen LogP contribution is -2.48. The molecule has 3 rings (SSSR count). The number of aromatic amines is 1. The molecule has 0 atom stereocenters. The van der Waals surface area contributed by atoms with E-state index in [1.807, 2.05) is 23.1 Å². The van der Waals surface area contributed by atoms with Gasteiger partial charge in [0.15, 0.2) is 0 Å². The lowest BCUT2D eigenvalue weighted by molar-refractivity contribution is 0.193. The lowest BCUT2D eigenvalue weighted by atomic mass is 10.1. The largest absolute Gasteiger partial charge is 0.325 e. The number of hydrogen-bond donors (Lipinski definition) is 2. The highest BCUT2D eigenvalue weighted by Crippen LogP contribution is 2.22. The molecule has 6 heteroatoms. The number of piperidine rings is 1. The number of nitrogens with one attached hydrogen (secondary N) is 1. The van der Waals surface area contributed by atoms with Gasteiger partial charge in [-0.05, 0) is 37.7 Å². The molecular formula is C18H25N5O. The van der Waals surface area contributed by atoms with Gasteiger partial charge in [0, 0.05) is 19.3 Å². The molecule has 1 fully saturated rings. The Morgan fingerprint density at radius 2 is 1.92 bits per heavy atom. The van der Waals surface area contributed by atoms with Crippen molar-refractivity contribution in [1.29, 1.82) is 0 Å². The number of urea groups is 1. The van der Waals surface area contributed by atoms with Crippen LogP contribution in [0.1, 0.15) is 30.5 Å². The maximum Gasteiger partial charge on any atom is 0.325 e. The van der Waals surface area contributed by atoms with Crippen LogP contribution in [-0.2, 0) is 12.8 Å². The molecule has 6 nitrogen and oxygen atoms in total. The number of amides is 2. The number of nitrogens with two attached hydrogens (primary N) is 1. The molecule has 1 saturated heterocycles. The van der Waals surface area contributed by atoms with Gasteiger partial charge in [-0.25, -0.2) is 4.79 Å². The standard InChI is InChI=1S/C18H25N5O/c19-14-23(18(24)22-11-5-2-6-12-22)17-13-20-21-16(17)10-9-15-7-3-1-4-8-15/h1,3-4,7-8,13H,2,5-6,9-12,14,19H2,(H,20,21). The summed E-state index contributed by atoms with van der Waals surface area (Å²) < 4.78 is 0. The Morgan fingerprint density at radius 3 is 2.62 bits per heavy atom. The topological polar surface area (TPSA) is 78.2 Å². The minimum Gasteiger partial charge on any atom is -0.324 e. The third-order valence-corrected chi connectivity index (χ3v) is 4.52. The molecule has 128 valence electrons. The quantitative estimate of drug-likeness (QED) is 0.828. The third kappa shape index (κ3) is 3.76. The van der Waals surface area contributed by atoms with E-state index in [-0.39, 0.29) is 12.7 Å². The predicted molar refractivity (Wildman–Crippen MR) is 94.8 cm³/mol. The Kier molecular flexibility index (Phi) is 5.48. The summed E-state index contributed by atoms with van der Waals surface area (Å²) in [6, 6.07) is 10.3. The van der Waals surface area contributed by atoms with E-state index in [9.17, 15) is 4.79 Å². The molecule has 2 heterocycles. The van der Waals surface area contributed by atoms with Gasteiger partial charge in [-0.15, -0.1) is 0 Å². The van der Waals surface area contributed by atoms with E-state index in [0.29, 0.717) is 0 Å². The number of H-pyrrole nitrogens is 1. The zero-order chi connectivity index (χ0) is 16.8. The van der Waals surface area contributed by atoms with Gasteiger partial charge >= 0.3 is 6.03 Å². The second kappa shape index (κ2) is 7.97. The predicted octanol–water partition coefficient (Wildman–Crippen LogP) is 2.52. The molecule has 3 N–H and O–H groups in total. The highest BCUT2D eigenvalue weighted by atomic mass is 16.2. The minimum atomic E-state index is -0.0143. The van der Waals surface area contributed by atoms with Crippen LogP contribution in [0.5, 0.6) is 0 Å². The number of carbonyl (C=O) groups is 1. The Labute approximate surface area is 142 Å². The average molecular weight is 327 g/mol. The molecule has 0 saturated carbocycles. The Hall–Kier alpha value is -2.34. The molecule has 1 aromatic heterocycles. The van der Waals surface area contributed by atoms with Crippen molar-refractivity contribution in [2.75, 3.05) is 24.7 Å². The van der Waals surface area contributed by atoms with E-state index < -0.39 is 0 Å². The van der Waals surface area contributed by atoms with Crippen molar-refractivity contribution in [3.05, 3.63) is 47.8 Å². The molecule has 2 aromatic rings. The Balaban J connectivity index is 1.70. The van der Waals surface area contributed by atoms with Crippen molar-refractivity contribution < 1.29 is 4.79 Å². The lowest BCUT2D eigenvalue weighted by Gasteiger charge is -2.32. The summed E-state index contributed by atoms with van der Waals surface area (Å²) in [6.45, 7) is 1.78. The second-order valence-electron chi connectivity index (χ2n) is 6.14. The van der Waals surface area contributed by atoms with Gasteiger partial charge in [-0.1, -0.05) is 30.3 Å². The molecule has 1 aliphatic rings. The summed E-state index contributed by atoms with van der Waals surface area (Å²) in [7, 11) is 0. The van der Waals surface area contributed by atoms with Crippen LogP contribution >= 0.6 is 0 Å². The highest BCUT2D eigenvalue weighted by molar-refractivity contribution is 5.92. The van der Waals surface area contributed by atoms with E-state index >= 15 is 0 Å². The number of aromatic nitrogens is 2. The van der Waals surface area contributed by atoms with E-state index in [1.165, 1.54) is 12.0 Å². The monoisotopic (exact) mass is 327 g/mol. The van der Waals surface area contributed by atoms with E-state index in [4.69, 9.17) is 5.73 Å². The molecule has 24 heavy (non-hydrogen) atoms. The van der Waals surface area contributed by atoms with Gasteiger partial charge in [-0.3, -0.25) is 10.00 Å². The molecule has 2 amide bonds. The zero-order valence-electron chi connectivity index (χ0n) is 13.9. The molecule has 0 aliphatic carbocycles.